The molecule has 1 aromatic rings. The van der Waals surface area contributed by atoms with Gasteiger partial charge in [0.2, 0.25) is 0 Å². The van der Waals surface area contributed by atoms with Gasteiger partial charge in [-0.3, -0.25) is 0 Å². The van der Waals surface area contributed by atoms with Gasteiger partial charge in [-0.25, -0.2) is 0 Å². The van der Waals surface area contributed by atoms with Crippen molar-refractivity contribution in [2.24, 2.45) is 5.92 Å². The Balaban J connectivity index is 1.95. The summed E-state index contributed by atoms with van der Waals surface area (Å²) in [6.45, 7) is 2.25. The monoisotopic (exact) mass is 262 g/mol. The van der Waals surface area contributed by atoms with Gasteiger partial charge in [0.25, 0.3) is 0 Å². The maximum atomic E-state index is 10.5. The molecule has 1 heterocycles. The summed E-state index contributed by atoms with van der Waals surface area (Å²) in [5, 5.41) is 10.5. The van der Waals surface area contributed by atoms with E-state index in [0.29, 0.717) is 12.3 Å². The van der Waals surface area contributed by atoms with Crippen molar-refractivity contribution in [2.45, 2.75) is 50.7 Å². The maximum absolute atomic E-state index is 10.5. The Labute approximate surface area is 114 Å². The quantitative estimate of drug-likeness (QED) is 0.842. The van der Waals surface area contributed by atoms with E-state index in [0.717, 1.165) is 23.5 Å². The molecule has 0 saturated heterocycles. The van der Waals surface area contributed by atoms with Crippen molar-refractivity contribution in [3.8, 4) is 11.5 Å². The van der Waals surface area contributed by atoms with E-state index < -0.39 is 6.10 Å². The highest BCUT2D eigenvalue weighted by Crippen LogP contribution is 2.49. The van der Waals surface area contributed by atoms with Crippen LogP contribution >= 0.6 is 0 Å². The van der Waals surface area contributed by atoms with E-state index in [1.54, 1.807) is 7.11 Å². The van der Waals surface area contributed by atoms with Crippen LogP contribution in [-0.2, 0) is 0 Å². The fourth-order valence-electron chi connectivity index (χ4n) is 3.54. The van der Waals surface area contributed by atoms with Crippen LogP contribution in [0, 0.1) is 5.92 Å². The Kier molecular flexibility index (Phi) is 3.17. The van der Waals surface area contributed by atoms with Crippen LogP contribution in [0.2, 0.25) is 0 Å². The van der Waals surface area contributed by atoms with E-state index in [4.69, 9.17) is 9.47 Å². The largest absolute Gasteiger partial charge is 0.497 e. The smallest absolute Gasteiger partial charge is 0.126 e. The number of rotatable bonds is 1. The Morgan fingerprint density at radius 2 is 2.21 bits per heavy atom. The Bertz CT molecular complexity index is 471. The standard InChI is InChI=1S/C16H22O3/c1-11-5-3-4-8-16(11)10-14(17)13-9-12(18-2)6-7-15(13)19-16/h6-7,9,11,14,17H,3-5,8,10H2,1-2H3. The van der Waals surface area contributed by atoms with E-state index in [1.165, 1.54) is 19.3 Å². The number of hydrogen-bond donors (Lipinski definition) is 1. The average Bonchev–Trinajstić information content (AvgIpc) is 2.42. The number of benzene rings is 1. The molecule has 1 saturated carbocycles. The second-order valence-electron chi connectivity index (χ2n) is 5.94. The molecule has 3 unspecified atom stereocenters. The van der Waals surface area contributed by atoms with Crippen LogP contribution in [0.3, 0.4) is 0 Å². The molecule has 2 aliphatic rings. The van der Waals surface area contributed by atoms with Crippen molar-refractivity contribution in [3.63, 3.8) is 0 Å². The summed E-state index contributed by atoms with van der Waals surface area (Å²) in [7, 11) is 1.64. The molecule has 1 aliphatic carbocycles. The van der Waals surface area contributed by atoms with Gasteiger partial charge in [-0.05, 0) is 43.4 Å². The third-order valence-electron chi connectivity index (χ3n) is 4.81. The van der Waals surface area contributed by atoms with Crippen LogP contribution in [0.5, 0.6) is 11.5 Å². The lowest BCUT2D eigenvalue weighted by Gasteiger charge is -2.47. The maximum Gasteiger partial charge on any atom is 0.126 e. The Morgan fingerprint density at radius 3 is 2.95 bits per heavy atom. The summed E-state index contributed by atoms with van der Waals surface area (Å²) < 4.78 is 11.5. The van der Waals surface area contributed by atoms with Crippen LogP contribution in [0.15, 0.2) is 18.2 Å². The summed E-state index contributed by atoms with van der Waals surface area (Å²) >= 11 is 0. The first-order valence-electron chi connectivity index (χ1n) is 7.20. The van der Waals surface area contributed by atoms with Gasteiger partial charge in [0.05, 0.1) is 13.2 Å². The Morgan fingerprint density at radius 1 is 1.37 bits per heavy atom. The lowest BCUT2D eigenvalue weighted by molar-refractivity contribution is -0.0717. The van der Waals surface area contributed by atoms with Gasteiger partial charge in [0.1, 0.15) is 17.1 Å². The van der Waals surface area contributed by atoms with Crippen molar-refractivity contribution in [1.82, 2.24) is 0 Å². The van der Waals surface area contributed by atoms with E-state index in [1.807, 2.05) is 18.2 Å². The fraction of sp³-hybridized carbons (Fsp3) is 0.625. The summed E-state index contributed by atoms with van der Waals surface area (Å²) in [5.74, 6) is 2.11. The minimum Gasteiger partial charge on any atom is -0.497 e. The minimum atomic E-state index is -0.445. The summed E-state index contributed by atoms with van der Waals surface area (Å²) in [6, 6.07) is 5.72. The molecule has 1 spiro atoms. The molecule has 0 bridgehead atoms. The lowest BCUT2D eigenvalue weighted by atomic mass is 9.71. The molecule has 1 fully saturated rings. The molecule has 0 radical (unpaired) electrons. The topological polar surface area (TPSA) is 38.7 Å². The van der Waals surface area contributed by atoms with Gasteiger partial charge < -0.3 is 14.6 Å². The molecule has 0 aromatic heterocycles. The van der Waals surface area contributed by atoms with E-state index in [-0.39, 0.29) is 5.60 Å². The SMILES string of the molecule is COc1ccc2c(c1)C(O)CC1(CCCCC1C)O2. The second-order valence-corrected chi connectivity index (χ2v) is 5.94. The van der Waals surface area contributed by atoms with Crippen LogP contribution in [0.4, 0.5) is 0 Å². The zero-order valence-electron chi connectivity index (χ0n) is 11.7. The Hall–Kier alpha value is -1.22. The third kappa shape index (κ3) is 2.10. The molecular formula is C16H22O3. The number of methoxy groups -OCH3 is 1. The van der Waals surface area contributed by atoms with Gasteiger partial charge in [0, 0.05) is 12.0 Å². The first-order valence-corrected chi connectivity index (χ1v) is 7.20. The van der Waals surface area contributed by atoms with Gasteiger partial charge >= 0.3 is 0 Å². The molecule has 3 nitrogen and oxygen atoms in total. The normalized spacial score (nSPS) is 33.6. The van der Waals surface area contributed by atoms with Crippen LogP contribution in [0.1, 0.15) is 50.7 Å². The molecule has 1 aliphatic heterocycles. The summed E-state index contributed by atoms with van der Waals surface area (Å²) in [4.78, 5) is 0. The second kappa shape index (κ2) is 4.71. The number of hydrogen-bond acceptors (Lipinski definition) is 3. The van der Waals surface area contributed by atoms with Gasteiger partial charge in [0.15, 0.2) is 0 Å². The van der Waals surface area contributed by atoms with Gasteiger partial charge in [-0.2, -0.15) is 0 Å². The summed E-state index contributed by atoms with van der Waals surface area (Å²) in [5.41, 5.74) is 0.696. The highest BCUT2D eigenvalue weighted by molar-refractivity contribution is 5.43. The zero-order valence-corrected chi connectivity index (χ0v) is 11.7. The third-order valence-corrected chi connectivity index (χ3v) is 4.81. The first-order chi connectivity index (χ1) is 9.14. The number of fused-ring (bicyclic) bond motifs is 1. The number of ether oxygens (including phenoxy) is 2. The molecule has 104 valence electrons. The number of aliphatic hydroxyl groups excluding tert-OH is 1. The van der Waals surface area contributed by atoms with Crippen LogP contribution < -0.4 is 9.47 Å². The van der Waals surface area contributed by atoms with Crippen molar-refractivity contribution >= 4 is 0 Å². The highest BCUT2D eigenvalue weighted by atomic mass is 16.5. The average molecular weight is 262 g/mol. The molecular weight excluding hydrogens is 240 g/mol. The van der Waals surface area contributed by atoms with E-state index >= 15 is 0 Å². The van der Waals surface area contributed by atoms with Crippen LogP contribution in [-0.4, -0.2) is 17.8 Å². The molecule has 19 heavy (non-hydrogen) atoms. The summed E-state index contributed by atoms with van der Waals surface area (Å²) in [6.07, 6.45) is 4.98. The first kappa shape index (κ1) is 12.8. The molecule has 1 aromatic carbocycles. The van der Waals surface area contributed by atoms with E-state index in [2.05, 4.69) is 6.92 Å². The zero-order chi connectivity index (χ0) is 13.5. The van der Waals surface area contributed by atoms with Crippen molar-refractivity contribution < 1.29 is 14.6 Å². The fourth-order valence-corrected chi connectivity index (χ4v) is 3.54. The van der Waals surface area contributed by atoms with Gasteiger partial charge in [-0.1, -0.05) is 13.3 Å². The molecule has 3 atom stereocenters. The molecule has 0 amide bonds. The predicted octanol–water partition coefficient (Wildman–Crippen LogP) is 3.46. The van der Waals surface area contributed by atoms with Crippen LogP contribution in [0.25, 0.3) is 0 Å². The lowest BCUT2D eigenvalue weighted by Crippen LogP contribution is -2.48. The van der Waals surface area contributed by atoms with Crippen molar-refractivity contribution in [1.29, 1.82) is 0 Å². The molecule has 3 rings (SSSR count). The van der Waals surface area contributed by atoms with E-state index in [9.17, 15) is 5.11 Å². The van der Waals surface area contributed by atoms with Crippen molar-refractivity contribution in [2.75, 3.05) is 7.11 Å². The molecule has 1 N–H and O–H groups in total. The minimum absolute atomic E-state index is 0.167. The molecule has 3 heteroatoms. The predicted molar refractivity (Wildman–Crippen MR) is 73.6 cm³/mol. The van der Waals surface area contributed by atoms with Crippen molar-refractivity contribution in [3.05, 3.63) is 23.8 Å². The van der Waals surface area contributed by atoms with Gasteiger partial charge in [-0.15, -0.1) is 0 Å². The number of aliphatic hydroxyl groups is 1. The highest BCUT2D eigenvalue weighted by Gasteiger charge is 2.45.